The van der Waals surface area contributed by atoms with E-state index in [4.69, 9.17) is 0 Å². The Morgan fingerprint density at radius 1 is 1.25 bits per heavy atom. The van der Waals surface area contributed by atoms with Gasteiger partial charge in [-0.1, -0.05) is 31.2 Å². The molecule has 0 aliphatic rings. The lowest BCUT2D eigenvalue weighted by atomic mass is 10.1. The van der Waals surface area contributed by atoms with Crippen LogP contribution in [0.3, 0.4) is 0 Å². The van der Waals surface area contributed by atoms with Gasteiger partial charge < -0.3 is 5.32 Å². The summed E-state index contributed by atoms with van der Waals surface area (Å²) in [5.41, 5.74) is 1.44. The zero-order chi connectivity index (χ0) is 19.7. The summed E-state index contributed by atoms with van der Waals surface area (Å²) in [5, 5.41) is 8.94. The maximum Gasteiger partial charge on any atom is 0.276 e. The first-order valence-electron chi connectivity index (χ1n) is 9.17. The van der Waals surface area contributed by atoms with Gasteiger partial charge in [0.1, 0.15) is 6.04 Å². The lowest BCUT2D eigenvalue weighted by Crippen LogP contribution is -2.38. The monoisotopic (exact) mass is 392 g/mol. The molecule has 0 saturated carbocycles. The smallest absolute Gasteiger partial charge is 0.276 e. The molecule has 4 rings (SSSR count). The molecule has 4 aromatic rings. The summed E-state index contributed by atoms with van der Waals surface area (Å²) in [4.78, 5) is 30.1. The van der Waals surface area contributed by atoms with E-state index in [0.717, 1.165) is 26.0 Å². The van der Waals surface area contributed by atoms with Crippen LogP contribution in [-0.2, 0) is 11.3 Å². The number of aryl methyl sites for hydroxylation is 1. The van der Waals surface area contributed by atoms with Gasteiger partial charge in [-0.25, -0.2) is 4.68 Å². The van der Waals surface area contributed by atoms with E-state index in [1.165, 1.54) is 4.68 Å². The van der Waals surface area contributed by atoms with Crippen LogP contribution in [0, 0.1) is 6.92 Å². The predicted octanol–water partition coefficient (Wildman–Crippen LogP) is 3.58. The molecule has 3 aromatic heterocycles. The highest BCUT2D eigenvalue weighted by molar-refractivity contribution is 7.26. The van der Waals surface area contributed by atoms with Crippen molar-refractivity contribution in [2.75, 3.05) is 0 Å². The molecule has 1 N–H and O–H groups in total. The minimum Gasteiger partial charge on any atom is -0.350 e. The third kappa shape index (κ3) is 3.18. The standard InChI is InChI=1S/C21H20N4O2S/c1-3-16(20(26)23-12-14-7-6-10-22-11-14)25-21(27)18-15-8-4-5-9-17(15)28-19(18)13(2)24-25/h4-11,16H,3,12H2,1-2H3,(H,23,26). The molecule has 1 aromatic carbocycles. The molecule has 142 valence electrons. The van der Waals surface area contributed by atoms with Gasteiger partial charge in [0.05, 0.1) is 15.8 Å². The van der Waals surface area contributed by atoms with Crippen LogP contribution in [0.25, 0.3) is 20.2 Å². The van der Waals surface area contributed by atoms with Crippen molar-refractivity contribution in [1.29, 1.82) is 0 Å². The average molecular weight is 392 g/mol. The average Bonchev–Trinajstić information content (AvgIpc) is 3.12. The third-order valence-electron chi connectivity index (χ3n) is 4.78. The Kier molecular flexibility index (Phi) is 4.92. The first-order valence-corrected chi connectivity index (χ1v) is 9.99. The van der Waals surface area contributed by atoms with Crippen molar-refractivity contribution < 1.29 is 4.79 Å². The maximum atomic E-state index is 13.3. The molecule has 0 radical (unpaired) electrons. The molecule has 6 nitrogen and oxygen atoms in total. The summed E-state index contributed by atoms with van der Waals surface area (Å²) in [6.07, 6.45) is 3.87. The van der Waals surface area contributed by atoms with Crippen LogP contribution in [0.1, 0.15) is 30.6 Å². The van der Waals surface area contributed by atoms with Crippen molar-refractivity contribution in [2.24, 2.45) is 0 Å². The molecule has 1 amide bonds. The Balaban J connectivity index is 1.73. The molecular formula is C21H20N4O2S. The zero-order valence-electron chi connectivity index (χ0n) is 15.7. The summed E-state index contributed by atoms with van der Waals surface area (Å²) < 4.78 is 3.27. The van der Waals surface area contributed by atoms with Gasteiger partial charge in [0, 0.05) is 29.0 Å². The quantitative estimate of drug-likeness (QED) is 0.563. The fourth-order valence-electron chi connectivity index (χ4n) is 3.37. The van der Waals surface area contributed by atoms with Gasteiger partial charge in [0.25, 0.3) is 5.56 Å². The minimum atomic E-state index is -0.661. The molecule has 0 bridgehead atoms. The van der Waals surface area contributed by atoms with Crippen molar-refractivity contribution in [3.63, 3.8) is 0 Å². The lowest BCUT2D eigenvalue weighted by molar-refractivity contribution is -0.125. The Labute approximate surface area is 165 Å². The van der Waals surface area contributed by atoms with E-state index >= 15 is 0 Å². The summed E-state index contributed by atoms with van der Waals surface area (Å²) in [5.74, 6) is -0.223. The zero-order valence-corrected chi connectivity index (χ0v) is 16.5. The number of hydrogen-bond donors (Lipinski definition) is 1. The predicted molar refractivity (Wildman–Crippen MR) is 112 cm³/mol. The number of carbonyl (C=O) groups excluding carboxylic acids is 1. The van der Waals surface area contributed by atoms with Crippen LogP contribution in [-0.4, -0.2) is 20.7 Å². The number of pyridine rings is 1. The highest BCUT2D eigenvalue weighted by atomic mass is 32.1. The summed E-state index contributed by atoms with van der Waals surface area (Å²) >= 11 is 1.56. The topological polar surface area (TPSA) is 76.9 Å². The molecule has 1 unspecified atom stereocenters. The van der Waals surface area contributed by atoms with E-state index in [2.05, 4.69) is 15.4 Å². The van der Waals surface area contributed by atoms with E-state index in [9.17, 15) is 9.59 Å². The van der Waals surface area contributed by atoms with Crippen molar-refractivity contribution in [3.8, 4) is 0 Å². The number of nitrogens with one attached hydrogen (secondary N) is 1. The second-order valence-corrected chi connectivity index (χ2v) is 7.69. The lowest BCUT2D eigenvalue weighted by Gasteiger charge is -2.17. The first-order chi connectivity index (χ1) is 13.6. The number of aromatic nitrogens is 3. The Hall–Kier alpha value is -3.06. The second-order valence-electron chi connectivity index (χ2n) is 6.64. The molecule has 0 saturated heterocycles. The number of benzene rings is 1. The number of thiophene rings is 1. The third-order valence-corrected chi connectivity index (χ3v) is 6.06. The number of fused-ring (bicyclic) bond motifs is 3. The molecular weight excluding hydrogens is 372 g/mol. The molecule has 3 heterocycles. The fraction of sp³-hybridized carbons (Fsp3) is 0.238. The number of carbonyl (C=O) groups is 1. The SMILES string of the molecule is CCC(C(=O)NCc1cccnc1)n1nc(C)c2sc3ccccc3c2c1=O. The van der Waals surface area contributed by atoms with Crippen molar-refractivity contribution in [1.82, 2.24) is 20.1 Å². The number of rotatable bonds is 5. The largest absolute Gasteiger partial charge is 0.350 e. The van der Waals surface area contributed by atoms with Crippen LogP contribution in [0.15, 0.2) is 53.6 Å². The summed E-state index contributed by atoms with van der Waals surface area (Å²) in [7, 11) is 0. The van der Waals surface area contributed by atoms with Gasteiger partial charge in [-0.3, -0.25) is 14.6 Å². The molecule has 7 heteroatoms. The Morgan fingerprint density at radius 3 is 2.82 bits per heavy atom. The van der Waals surface area contributed by atoms with Crippen LogP contribution in [0.4, 0.5) is 0 Å². The second kappa shape index (κ2) is 7.52. The van der Waals surface area contributed by atoms with E-state index < -0.39 is 6.04 Å². The Morgan fingerprint density at radius 2 is 2.07 bits per heavy atom. The van der Waals surface area contributed by atoms with Gasteiger partial charge in [-0.2, -0.15) is 5.10 Å². The fourth-order valence-corrected chi connectivity index (χ4v) is 4.50. The van der Waals surface area contributed by atoms with Crippen molar-refractivity contribution >= 4 is 37.4 Å². The molecule has 28 heavy (non-hydrogen) atoms. The van der Waals surface area contributed by atoms with Crippen LogP contribution in [0.2, 0.25) is 0 Å². The van der Waals surface area contributed by atoms with Gasteiger partial charge >= 0.3 is 0 Å². The van der Waals surface area contributed by atoms with Crippen LogP contribution in [0.5, 0.6) is 0 Å². The number of amides is 1. The molecule has 0 fully saturated rings. The number of nitrogens with zero attached hydrogens (tertiary/aromatic N) is 3. The highest BCUT2D eigenvalue weighted by Crippen LogP contribution is 2.33. The van der Waals surface area contributed by atoms with Gasteiger partial charge in [-0.05, 0) is 31.0 Å². The number of hydrogen-bond acceptors (Lipinski definition) is 5. The van der Waals surface area contributed by atoms with Crippen LogP contribution >= 0.6 is 11.3 Å². The van der Waals surface area contributed by atoms with Crippen molar-refractivity contribution in [2.45, 2.75) is 32.9 Å². The molecule has 0 spiro atoms. The highest BCUT2D eigenvalue weighted by Gasteiger charge is 2.24. The van der Waals surface area contributed by atoms with Crippen LogP contribution < -0.4 is 10.9 Å². The Bertz CT molecular complexity index is 1210. The van der Waals surface area contributed by atoms with Gasteiger partial charge in [0.2, 0.25) is 5.91 Å². The normalized spacial score (nSPS) is 12.4. The minimum absolute atomic E-state index is 0.221. The van der Waals surface area contributed by atoms with Gasteiger partial charge in [-0.15, -0.1) is 11.3 Å². The summed E-state index contributed by atoms with van der Waals surface area (Å²) in [6.45, 7) is 4.13. The molecule has 1 atom stereocenters. The summed E-state index contributed by atoms with van der Waals surface area (Å²) in [6, 6.07) is 10.9. The van der Waals surface area contributed by atoms with Gasteiger partial charge in [0.15, 0.2) is 0 Å². The maximum absolute atomic E-state index is 13.3. The molecule has 0 aliphatic carbocycles. The first kappa shape index (κ1) is 18.3. The van der Waals surface area contributed by atoms with E-state index in [1.807, 2.05) is 50.2 Å². The molecule has 0 aliphatic heterocycles. The van der Waals surface area contributed by atoms with Crippen molar-refractivity contribution in [3.05, 3.63) is 70.4 Å². The van der Waals surface area contributed by atoms with E-state index in [1.54, 1.807) is 23.7 Å². The van der Waals surface area contributed by atoms with E-state index in [-0.39, 0.29) is 11.5 Å². The van der Waals surface area contributed by atoms with E-state index in [0.29, 0.717) is 18.4 Å².